The first kappa shape index (κ1) is 12.7. The monoisotopic (exact) mass is 250 g/mol. The summed E-state index contributed by atoms with van der Waals surface area (Å²) in [4.78, 5) is 24.8. The summed E-state index contributed by atoms with van der Waals surface area (Å²) in [5.74, 6) is -0.333. The molecule has 0 bridgehead atoms. The number of carbonyl (C=O) groups is 2. The van der Waals surface area contributed by atoms with Gasteiger partial charge in [-0.2, -0.15) is 0 Å². The van der Waals surface area contributed by atoms with Crippen LogP contribution < -0.4 is 0 Å². The standard InChI is InChI=1S/C13H18N2O3/c1-10-4-7-14(8-5-10)13(18)11-3-2-6-15(11)9-12(16)17/h2-3,6,10H,4-5,7-9H2,1H3,(H,16,17). The Labute approximate surface area is 106 Å². The third-order valence-electron chi connectivity index (χ3n) is 3.43. The van der Waals surface area contributed by atoms with Crippen molar-refractivity contribution in [3.63, 3.8) is 0 Å². The van der Waals surface area contributed by atoms with Gasteiger partial charge in [-0.05, 0) is 30.9 Å². The predicted molar refractivity (Wildman–Crippen MR) is 66.4 cm³/mol. The zero-order valence-corrected chi connectivity index (χ0v) is 10.5. The number of nitrogens with zero attached hydrogens (tertiary/aromatic N) is 2. The fourth-order valence-electron chi connectivity index (χ4n) is 2.27. The molecule has 0 saturated carbocycles. The number of rotatable bonds is 3. The third kappa shape index (κ3) is 2.72. The van der Waals surface area contributed by atoms with Gasteiger partial charge in [0.1, 0.15) is 12.2 Å². The molecule has 1 aromatic rings. The third-order valence-corrected chi connectivity index (χ3v) is 3.43. The topological polar surface area (TPSA) is 62.5 Å². The lowest BCUT2D eigenvalue weighted by molar-refractivity contribution is -0.137. The van der Waals surface area contributed by atoms with E-state index in [9.17, 15) is 9.59 Å². The summed E-state index contributed by atoms with van der Waals surface area (Å²) in [6.07, 6.45) is 3.67. The highest BCUT2D eigenvalue weighted by Crippen LogP contribution is 2.18. The summed E-state index contributed by atoms with van der Waals surface area (Å²) in [6.45, 7) is 3.55. The Balaban J connectivity index is 2.09. The highest BCUT2D eigenvalue weighted by Gasteiger charge is 2.23. The summed E-state index contributed by atoms with van der Waals surface area (Å²) >= 11 is 0. The van der Waals surface area contributed by atoms with Crippen LogP contribution in [0.2, 0.25) is 0 Å². The van der Waals surface area contributed by atoms with Gasteiger partial charge in [-0.25, -0.2) is 0 Å². The number of carboxylic acid groups (broad SMARTS) is 1. The Morgan fingerprint density at radius 3 is 2.67 bits per heavy atom. The molecule has 5 heteroatoms. The van der Waals surface area contributed by atoms with Gasteiger partial charge in [0.2, 0.25) is 0 Å². The van der Waals surface area contributed by atoms with E-state index in [1.165, 1.54) is 4.57 Å². The number of carbonyl (C=O) groups excluding carboxylic acids is 1. The van der Waals surface area contributed by atoms with E-state index < -0.39 is 5.97 Å². The van der Waals surface area contributed by atoms with E-state index in [2.05, 4.69) is 6.92 Å². The van der Waals surface area contributed by atoms with Crippen LogP contribution in [0.4, 0.5) is 0 Å². The molecule has 98 valence electrons. The molecule has 1 aromatic heterocycles. The van der Waals surface area contributed by atoms with Crippen LogP contribution in [0.3, 0.4) is 0 Å². The van der Waals surface area contributed by atoms with Crippen LogP contribution in [0.5, 0.6) is 0 Å². The molecule has 1 amide bonds. The average molecular weight is 250 g/mol. The summed E-state index contributed by atoms with van der Waals surface area (Å²) in [6, 6.07) is 3.39. The lowest BCUT2D eigenvalue weighted by Crippen LogP contribution is -2.39. The van der Waals surface area contributed by atoms with Crippen LogP contribution in [-0.4, -0.2) is 39.5 Å². The van der Waals surface area contributed by atoms with Crippen molar-refractivity contribution in [2.75, 3.05) is 13.1 Å². The van der Waals surface area contributed by atoms with E-state index in [0.29, 0.717) is 11.6 Å². The second kappa shape index (κ2) is 5.25. The van der Waals surface area contributed by atoms with Crippen LogP contribution >= 0.6 is 0 Å². The van der Waals surface area contributed by atoms with E-state index >= 15 is 0 Å². The molecule has 0 aromatic carbocycles. The number of amides is 1. The molecular weight excluding hydrogens is 232 g/mol. The summed E-state index contributed by atoms with van der Waals surface area (Å²) in [5, 5.41) is 8.79. The van der Waals surface area contributed by atoms with E-state index in [4.69, 9.17) is 5.11 Å². The molecule has 1 aliphatic heterocycles. The van der Waals surface area contributed by atoms with E-state index in [1.807, 2.05) is 4.90 Å². The zero-order valence-electron chi connectivity index (χ0n) is 10.5. The molecule has 1 fully saturated rings. The molecule has 1 aliphatic rings. The van der Waals surface area contributed by atoms with E-state index in [0.717, 1.165) is 25.9 Å². The summed E-state index contributed by atoms with van der Waals surface area (Å²) < 4.78 is 1.49. The Bertz CT molecular complexity index is 445. The maximum absolute atomic E-state index is 12.3. The van der Waals surface area contributed by atoms with Crippen molar-refractivity contribution in [1.82, 2.24) is 9.47 Å². The lowest BCUT2D eigenvalue weighted by atomic mass is 9.99. The molecule has 5 nitrogen and oxygen atoms in total. The van der Waals surface area contributed by atoms with Crippen LogP contribution in [0.1, 0.15) is 30.3 Å². The molecule has 0 unspecified atom stereocenters. The number of piperidine rings is 1. The Hall–Kier alpha value is -1.78. The van der Waals surface area contributed by atoms with Gasteiger partial charge < -0.3 is 14.6 Å². The number of aliphatic carboxylic acids is 1. The predicted octanol–water partition coefficient (Wildman–Crippen LogP) is 1.44. The minimum atomic E-state index is -0.937. The fourth-order valence-corrected chi connectivity index (χ4v) is 2.27. The first-order valence-corrected chi connectivity index (χ1v) is 6.24. The van der Waals surface area contributed by atoms with Crippen molar-refractivity contribution in [2.45, 2.75) is 26.3 Å². The second-order valence-electron chi connectivity index (χ2n) is 4.89. The smallest absolute Gasteiger partial charge is 0.323 e. The van der Waals surface area contributed by atoms with Crippen molar-refractivity contribution in [3.8, 4) is 0 Å². The minimum absolute atomic E-state index is 0.0619. The molecule has 0 aliphatic carbocycles. The number of aromatic nitrogens is 1. The maximum atomic E-state index is 12.3. The van der Waals surface area contributed by atoms with Gasteiger partial charge in [-0.1, -0.05) is 6.92 Å². The Morgan fingerprint density at radius 2 is 2.06 bits per heavy atom. The molecule has 1 N–H and O–H groups in total. The quantitative estimate of drug-likeness (QED) is 0.883. The minimum Gasteiger partial charge on any atom is -0.480 e. The molecule has 0 atom stereocenters. The zero-order chi connectivity index (χ0) is 13.1. The molecule has 1 saturated heterocycles. The van der Waals surface area contributed by atoms with Gasteiger partial charge in [-0.15, -0.1) is 0 Å². The first-order chi connectivity index (χ1) is 8.58. The van der Waals surface area contributed by atoms with E-state index in [1.54, 1.807) is 18.3 Å². The Kier molecular flexibility index (Phi) is 3.69. The van der Waals surface area contributed by atoms with Crippen LogP contribution in [-0.2, 0) is 11.3 Å². The van der Waals surface area contributed by atoms with Gasteiger partial charge in [0.25, 0.3) is 5.91 Å². The van der Waals surface area contributed by atoms with Crippen molar-refractivity contribution in [3.05, 3.63) is 24.0 Å². The normalized spacial score (nSPS) is 16.8. The van der Waals surface area contributed by atoms with Crippen molar-refractivity contribution < 1.29 is 14.7 Å². The van der Waals surface area contributed by atoms with Crippen molar-refractivity contribution in [1.29, 1.82) is 0 Å². The Morgan fingerprint density at radius 1 is 1.39 bits per heavy atom. The maximum Gasteiger partial charge on any atom is 0.323 e. The van der Waals surface area contributed by atoms with Gasteiger partial charge in [-0.3, -0.25) is 9.59 Å². The molecule has 18 heavy (non-hydrogen) atoms. The number of carboxylic acids is 1. The highest BCUT2D eigenvalue weighted by atomic mass is 16.4. The summed E-state index contributed by atoms with van der Waals surface area (Å²) in [5.41, 5.74) is 0.465. The van der Waals surface area contributed by atoms with Gasteiger partial charge >= 0.3 is 5.97 Å². The number of hydrogen-bond donors (Lipinski definition) is 1. The second-order valence-corrected chi connectivity index (χ2v) is 4.89. The molecular formula is C13H18N2O3. The molecule has 2 heterocycles. The highest BCUT2D eigenvalue weighted by molar-refractivity contribution is 5.93. The average Bonchev–Trinajstić information content (AvgIpc) is 2.76. The first-order valence-electron chi connectivity index (χ1n) is 6.24. The van der Waals surface area contributed by atoms with Crippen molar-refractivity contribution in [2.24, 2.45) is 5.92 Å². The lowest BCUT2D eigenvalue weighted by Gasteiger charge is -2.30. The molecule has 2 rings (SSSR count). The number of hydrogen-bond acceptors (Lipinski definition) is 2. The van der Waals surface area contributed by atoms with Crippen LogP contribution in [0, 0.1) is 5.92 Å². The molecule has 0 spiro atoms. The molecule has 0 radical (unpaired) electrons. The van der Waals surface area contributed by atoms with Crippen LogP contribution in [0.15, 0.2) is 18.3 Å². The number of likely N-dealkylation sites (tertiary alicyclic amines) is 1. The summed E-state index contributed by atoms with van der Waals surface area (Å²) in [7, 11) is 0. The fraction of sp³-hybridized carbons (Fsp3) is 0.538. The van der Waals surface area contributed by atoms with Gasteiger partial charge in [0.15, 0.2) is 0 Å². The largest absolute Gasteiger partial charge is 0.480 e. The SMILES string of the molecule is CC1CCN(C(=O)c2cccn2CC(=O)O)CC1. The van der Waals surface area contributed by atoms with Crippen LogP contribution in [0.25, 0.3) is 0 Å². The van der Waals surface area contributed by atoms with Crippen molar-refractivity contribution >= 4 is 11.9 Å². The van der Waals surface area contributed by atoms with E-state index in [-0.39, 0.29) is 12.5 Å². The van der Waals surface area contributed by atoms with Gasteiger partial charge in [0, 0.05) is 19.3 Å². The van der Waals surface area contributed by atoms with Gasteiger partial charge in [0.05, 0.1) is 0 Å².